The van der Waals surface area contributed by atoms with Gasteiger partial charge in [0.25, 0.3) is 0 Å². The minimum atomic E-state index is 0.157. The molecule has 0 aliphatic carbocycles. The second-order valence-corrected chi connectivity index (χ2v) is 6.57. The summed E-state index contributed by atoms with van der Waals surface area (Å²) in [5.41, 5.74) is 3.60. The monoisotopic (exact) mass is 377 g/mol. The van der Waals surface area contributed by atoms with Crippen LogP contribution in [0, 0.1) is 0 Å². The Morgan fingerprint density at radius 1 is 0.714 bits per heavy atom. The maximum atomic E-state index is 5.49. The number of nitrogens with one attached hydrogen (secondary N) is 1. The molecule has 0 amide bonds. The predicted molar refractivity (Wildman–Crippen MR) is 112 cm³/mol. The summed E-state index contributed by atoms with van der Waals surface area (Å²) in [7, 11) is 5.07. The van der Waals surface area contributed by atoms with Crippen LogP contribution in [0.3, 0.4) is 0 Å². The van der Waals surface area contributed by atoms with Crippen molar-refractivity contribution in [3.63, 3.8) is 0 Å². The molecule has 0 saturated carbocycles. The van der Waals surface area contributed by atoms with Crippen LogP contribution in [0.1, 0.15) is 22.7 Å². The molecule has 28 heavy (non-hydrogen) atoms. The van der Waals surface area contributed by atoms with Crippen LogP contribution in [0.25, 0.3) is 0 Å². The summed E-state index contributed by atoms with van der Waals surface area (Å²) in [4.78, 5) is 0. The van der Waals surface area contributed by atoms with Crippen molar-refractivity contribution in [1.82, 2.24) is 5.32 Å². The molecule has 0 aromatic heterocycles. The lowest BCUT2D eigenvalue weighted by Crippen LogP contribution is -2.23. The zero-order chi connectivity index (χ0) is 19.8. The Morgan fingerprint density at radius 2 is 1.32 bits per heavy atom. The zero-order valence-corrected chi connectivity index (χ0v) is 16.6. The van der Waals surface area contributed by atoms with Crippen LogP contribution < -0.4 is 19.5 Å². The summed E-state index contributed by atoms with van der Waals surface area (Å²) in [6.45, 7) is 0.719. The first-order valence-corrected chi connectivity index (χ1v) is 9.35. The quantitative estimate of drug-likeness (QED) is 0.582. The summed E-state index contributed by atoms with van der Waals surface area (Å²) in [6, 6.07) is 24.7. The molecule has 0 heterocycles. The Hall–Kier alpha value is -2.98. The molecule has 3 rings (SSSR count). The van der Waals surface area contributed by atoms with Gasteiger partial charge in [-0.1, -0.05) is 42.5 Å². The Kier molecular flexibility index (Phi) is 6.93. The van der Waals surface area contributed by atoms with Gasteiger partial charge >= 0.3 is 0 Å². The molecule has 1 atom stereocenters. The molecule has 3 aromatic rings. The minimum Gasteiger partial charge on any atom is -0.497 e. The smallest absolute Gasteiger partial charge is 0.123 e. The van der Waals surface area contributed by atoms with E-state index < -0.39 is 0 Å². The van der Waals surface area contributed by atoms with Gasteiger partial charge < -0.3 is 19.5 Å². The minimum absolute atomic E-state index is 0.157. The lowest BCUT2D eigenvalue weighted by molar-refractivity contribution is 0.404. The first-order valence-electron chi connectivity index (χ1n) is 9.35. The fourth-order valence-electron chi connectivity index (χ4n) is 3.22. The van der Waals surface area contributed by atoms with E-state index in [1.54, 1.807) is 21.3 Å². The van der Waals surface area contributed by atoms with E-state index in [0.717, 1.165) is 35.8 Å². The van der Waals surface area contributed by atoms with Crippen LogP contribution in [0.15, 0.2) is 72.8 Å². The van der Waals surface area contributed by atoms with Crippen molar-refractivity contribution < 1.29 is 14.2 Å². The van der Waals surface area contributed by atoms with E-state index >= 15 is 0 Å². The number of rotatable bonds is 9. The van der Waals surface area contributed by atoms with E-state index in [4.69, 9.17) is 14.2 Å². The highest BCUT2D eigenvalue weighted by molar-refractivity contribution is 5.35. The van der Waals surface area contributed by atoms with Crippen LogP contribution in [-0.2, 0) is 13.0 Å². The number of hydrogen-bond acceptors (Lipinski definition) is 4. The lowest BCUT2D eigenvalue weighted by Gasteiger charge is -2.21. The van der Waals surface area contributed by atoms with Gasteiger partial charge in [0, 0.05) is 18.2 Å². The van der Waals surface area contributed by atoms with Gasteiger partial charge in [0.15, 0.2) is 0 Å². The molecule has 4 heteroatoms. The van der Waals surface area contributed by atoms with E-state index in [1.165, 1.54) is 11.1 Å². The van der Waals surface area contributed by atoms with Gasteiger partial charge in [-0.2, -0.15) is 0 Å². The Balaban J connectivity index is 1.80. The summed E-state index contributed by atoms with van der Waals surface area (Å²) in [5.74, 6) is 2.62. The SMILES string of the molecule is COc1ccc(C[C@H](NCc2ccccc2OC)c2ccc(OC)cc2)cc1. The number of para-hydroxylation sites is 1. The molecule has 0 unspecified atom stereocenters. The second kappa shape index (κ2) is 9.81. The highest BCUT2D eigenvalue weighted by atomic mass is 16.5. The molecule has 0 spiro atoms. The lowest BCUT2D eigenvalue weighted by atomic mass is 9.98. The molecule has 4 nitrogen and oxygen atoms in total. The molecule has 3 aromatic carbocycles. The molecule has 1 N–H and O–H groups in total. The largest absolute Gasteiger partial charge is 0.497 e. The molecule has 0 saturated heterocycles. The normalized spacial score (nSPS) is 11.7. The first kappa shape index (κ1) is 19.8. The van der Waals surface area contributed by atoms with Gasteiger partial charge in [0.1, 0.15) is 17.2 Å². The van der Waals surface area contributed by atoms with Crippen LogP contribution in [0.4, 0.5) is 0 Å². The van der Waals surface area contributed by atoms with Gasteiger partial charge in [-0.25, -0.2) is 0 Å². The fraction of sp³-hybridized carbons (Fsp3) is 0.250. The third-order valence-corrected chi connectivity index (χ3v) is 4.85. The number of benzene rings is 3. The first-order chi connectivity index (χ1) is 13.7. The number of hydrogen-bond donors (Lipinski definition) is 1. The maximum Gasteiger partial charge on any atom is 0.123 e. The van der Waals surface area contributed by atoms with Crippen molar-refractivity contribution in [3.05, 3.63) is 89.5 Å². The van der Waals surface area contributed by atoms with Gasteiger partial charge in [0.05, 0.1) is 21.3 Å². The second-order valence-electron chi connectivity index (χ2n) is 6.57. The molecule has 0 fully saturated rings. The third kappa shape index (κ3) is 5.05. The van der Waals surface area contributed by atoms with Crippen molar-refractivity contribution in [2.45, 2.75) is 19.0 Å². The van der Waals surface area contributed by atoms with Gasteiger partial charge in [0.2, 0.25) is 0 Å². The summed E-state index contributed by atoms with van der Waals surface area (Å²) in [6.07, 6.45) is 0.867. The van der Waals surface area contributed by atoms with Crippen LogP contribution in [-0.4, -0.2) is 21.3 Å². The zero-order valence-electron chi connectivity index (χ0n) is 16.6. The van der Waals surface area contributed by atoms with E-state index in [2.05, 4.69) is 35.6 Å². The summed E-state index contributed by atoms with van der Waals surface area (Å²) < 4.78 is 16.1. The van der Waals surface area contributed by atoms with Crippen molar-refractivity contribution in [2.24, 2.45) is 0 Å². The average molecular weight is 377 g/mol. The fourth-order valence-corrected chi connectivity index (χ4v) is 3.22. The molecule has 0 bridgehead atoms. The molecular formula is C24H27NO3. The molecule has 0 aliphatic rings. The van der Waals surface area contributed by atoms with Gasteiger partial charge in [-0.15, -0.1) is 0 Å². The Labute approximate surface area is 167 Å². The van der Waals surface area contributed by atoms with Crippen molar-refractivity contribution >= 4 is 0 Å². The Morgan fingerprint density at radius 3 is 1.93 bits per heavy atom. The van der Waals surface area contributed by atoms with E-state index in [1.807, 2.05) is 42.5 Å². The summed E-state index contributed by atoms with van der Waals surface area (Å²) >= 11 is 0. The number of ether oxygens (including phenoxy) is 3. The number of methoxy groups -OCH3 is 3. The molecule has 146 valence electrons. The molecule has 0 aliphatic heterocycles. The van der Waals surface area contributed by atoms with Gasteiger partial charge in [-0.05, 0) is 47.9 Å². The molecule has 0 radical (unpaired) electrons. The van der Waals surface area contributed by atoms with Crippen LogP contribution >= 0.6 is 0 Å². The van der Waals surface area contributed by atoms with Crippen LogP contribution in [0.5, 0.6) is 17.2 Å². The summed E-state index contributed by atoms with van der Waals surface area (Å²) in [5, 5.41) is 3.69. The van der Waals surface area contributed by atoms with E-state index in [-0.39, 0.29) is 6.04 Å². The average Bonchev–Trinajstić information content (AvgIpc) is 2.77. The van der Waals surface area contributed by atoms with Gasteiger partial charge in [-0.3, -0.25) is 0 Å². The third-order valence-electron chi connectivity index (χ3n) is 4.85. The van der Waals surface area contributed by atoms with E-state index in [0.29, 0.717) is 0 Å². The highest BCUT2D eigenvalue weighted by Gasteiger charge is 2.14. The Bertz CT molecular complexity index is 860. The topological polar surface area (TPSA) is 39.7 Å². The van der Waals surface area contributed by atoms with Crippen LogP contribution in [0.2, 0.25) is 0 Å². The van der Waals surface area contributed by atoms with Crippen molar-refractivity contribution in [3.8, 4) is 17.2 Å². The predicted octanol–water partition coefficient (Wildman–Crippen LogP) is 4.79. The van der Waals surface area contributed by atoms with Crippen molar-refractivity contribution in [1.29, 1.82) is 0 Å². The molecular weight excluding hydrogens is 350 g/mol. The van der Waals surface area contributed by atoms with Crippen molar-refractivity contribution in [2.75, 3.05) is 21.3 Å². The highest BCUT2D eigenvalue weighted by Crippen LogP contribution is 2.24. The maximum absolute atomic E-state index is 5.49. The standard InChI is InChI=1S/C24H27NO3/c1-26-21-12-8-18(9-13-21)16-23(19-10-14-22(27-2)15-11-19)25-17-20-6-4-5-7-24(20)28-3/h4-15,23,25H,16-17H2,1-3H3/t23-/m0/s1. The van der Waals surface area contributed by atoms with E-state index in [9.17, 15) is 0 Å².